The minimum atomic E-state index is -0.575. The lowest BCUT2D eigenvalue weighted by atomic mass is 10.1. The van der Waals surface area contributed by atoms with Gasteiger partial charge in [0.05, 0.1) is 25.4 Å². The maximum Gasteiger partial charge on any atom is 0.0898 e. The van der Waals surface area contributed by atoms with E-state index in [-0.39, 0.29) is 25.4 Å². The molecule has 0 saturated carbocycles. The van der Waals surface area contributed by atoms with Gasteiger partial charge in [0.25, 0.3) is 0 Å². The number of hydrogen-bond acceptors (Lipinski definition) is 4. The van der Waals surface area contributed by atoms with Crippen LogP contribution in [0, 0.1) is 5.92 Å². The third-order valence-corrected chi connectivity index (χ3v) is 3.42. The van der Waals surface area contributed by atoms with Crippen molar-refractivity contribution in [3.05, 3.63) is 35.9 Å². The minimum absolute atomic E-state index is 0.0104. The molecule has 3 unspecified atom stereocenters. The highest BCUT2D eigenvalue weighted by atomic mass is 16.5. The molecule has 0 amide bonds. The van der Waals surface area contributed by atoms with E-state index >= 15 is 0 Å². The molecule has 0 bridgehead atoms. The van der Waals surface area contributed by atoms with Gasteiger partial charge in [0, 0.05) is 12.6 Å². The quantitative estimate of drug-likeness (QED) is 0.645. The van der Waals surface area contributed by atoms with Gasteiger partial charge in [0.2, 0.25) is 0 Å². The Morgan fingerprint density at radius 1 is 1.15 bits per heavy atom. The van der Waals surface area contributed by atoms with Crippen molar-refractivity contribution in [1.82, 2.24) is 5.32 Å². The summed E-state index contributed by atoms with van der Waals surface area (Å²) < 4.78 is 5.66. The summed E-state index contributed by atoms with van der Waals surface area (Å²) in [5.74, 6) is 0.330. The molecule has 0 aliphatic heterocycles. The van der Waals surface area contributed by atoms with E-state index in [2.05, 4.69) is 5.32 Å². The van der Waals surface area contributed by atoms with Gasteiger partial charge >= 0.3 is 0 Å². The highest BCUT2D eigenvalue weighted by molar-refractivity contribution is 5.16. The van der Waals surface area contributed by atoms with E-state index in [1.165, 1.54) is 0 Å². The molecule has 0 aliphatic carbocycles. The summed E-state index contributed by atoms with van der Waals surface area (Å²) in [5.41, 5.74) is 1.10. The maximum absolute atomic E-state index is 9.90. The molecule has 3 N–H and O–H groups in total. The summed E-state index contributed by atoms with van der Waals surface area (Å²) in [7, 11) is 0. The number of benzene rings is 1. The van der Waals surface area contributed by atoms with E-state index in [9.17, 15) is 10.2 Å². The van der Waals surface area contributed by atoms with E-state index in [1.807, 2.05) is 51.1 Å². The van der Waals surface area contributed by atoms with Gasteiger partial charge in [-0.1, -0.05) is 44.2 Å². The molecule has 4 heteroatoms. The Bertz CT molecular complexity index is 356. The molecule has 1 aromatic carbocycles. The zero-order valence-corrected chi connectivity index (χ0v) is 12.6. The average molecular weight is 281 g/mol. The van der Waals surface area contributed by atoms with E-state index in [4.69, 9.17) is 4.74 Å². The van der Waals surface area contributed by atoms with Crippen molar-refractivity contribution in [3.63, 3.8) is 0 Å². The van der Waals surface area contributed by atoms with Crippen LogP contribution in [0.3, 0.4) is 0 Å². The van der Waals surface area contributed by atoms with Crippen molar-refractivity contribution in [3.8, 4) is 0 Å². The van der Waals surface area contributed by atoms with Crippen molar-refractivity contribution >= 4 is 0 Å². The topological polar surface area (TPSA) is 61.7 Å². The average Bonchev–Trinajstić information content (AvgIpc) is 2.46. The Morgan fingerprint density at radius 3 is 2.35 bits per heavy atom. The first-order valence-corrected chi connectivity index (χ1v) is 7.23. The second-order valence-corrected chi connectivity index (χ2v) is 5.48. The van der Waals surface area contributed by atoms with Gasteiger partial charge in [-0.2, -0.15) is 0 Å². The highest BCUT2D eigenvalue weighted by Gasteiger charge is 2.14. The first-order valence-electron chi connectivity index (χ1n) is 7.23. The molecular weight excluding hydrogens is 254 g/mol. The standard InChI is InChI=1S/C16H27NO3/c1-12(2)16(10-18)17-9-15(19)11-20-13(3)14-7-5-4-6-8-14/h4-8,12-13,15-19H,9-11H2,1-3H3. The zero-order valence-electron chi connectivity index (χ0n) is 12.6. The predicted molar refractivity (Wildman–Crippen MR) is 80.5 cm³/mol. The van der Waals surface area contributed by atoms with Crippen LogP contribution in [0.5, 0.6) is 0 Å². The molecule has 0 aromatic heterocycles. The van der Waals surface area contributed by atoms with Gasteiger partial charge in [-0.3, -0.25) is 0 Å². The SMILES string of the molecule is CC(OCC(O)CNC(CO)C(C)C)c1ccccc1. The van der Waals surface area contributed by atoms with Crippen molar-refractivity contribution < 1.29 is 14.9 Å². The van der Waals surface area contributed by atoms with E-state index in [0.717, 1.165) is 5.56 Å². The number of ether oxygens (including phenoxy) is 1. The van der Waals surface area contributed by atoms with E-state index in [1.54, 1.807) is 0 Å². The number of rotatable bonds is 9. The second kappa shape index (κ2) is 9.08. The fourth-order valence-corrected chi connectivity index (χ4v) is 1.93. The van der Waals surface area contributed by atoms with Gasteiger partial charge in [-0.05, 0) is 18.4 Å². The maximum atomic E-state index is 9.90. The third kappa shape index (κ3) is 6.01. The first kappa shape index (κ1) is 17.1. The van der Waals surface area contributed by atoms with Crippen LogP contribution in [0.15, 0.2) is 30.3 Å². The number of hydrogen-bond donors (Lipinski definition) is 3. The lowest BCUT2D eigenvalue weighted by Gasteiger charge is -2.22. The van der Waals surface area contributed by atoms with Gasteiger partial charge in [0.15, 0.2) is 0 Å². The summed E-state index contributed by atoms with van der Waals surface area (Å²) in [6.45, 7) is 6.82. The highest BCUT2D eigenvalue weighted by Crippen LogP contribution is 2.15. The fraction of sp³-hybridized carbons (Fsp3) is 0.625. The number of aliphatic hydroxyl groups is 2. The Morgan fingerprint density at radius 2 is 1.80 bits per heavy atom. The third-order valence-electron chi connectivity index (χ3n) is 3.42. The van der Waals surface area contributed by atoms with E-state index in [0.29, 0.717) is 12.5 Å². The van der Waals surface area contributed by atoms with E-state index < -0.39 is 6.10 Å². The van der Waals surface area contributed by atoms with Crippen molar-refractivity contribution in [2.24, 2.45) is 5.92 Å². The van der Waals surface area contributed by atoms with Gasteiger partial charge in [-0.25, -0.2) is 0 Å². The Balaban J connectivity index is 2.27. The molecule has 0 heterocycles. The molecular formula is C16H27NO3. The molecule has 0 aliphatic rings. The first-order chi connectivity index (χ1) is 9.54. The van der Waals surface area contributed by atoms with Crippen LogP contribution in [0.1, 0.15) is 32.4 Å². The van der Waals surface area contributed by atoms with Crippen LogP contribution < -0.4 is 5.32 Å². The lowest BCUT2D eigenvalue weighted by Crippen LogP contribution is -2.42. The van der Waals surface area contributed by atoms with Crippen molar-refractivity contribution in [2.75, 3.05) is 19.8 Å². The van der Waals surface area contributed by atoms with Crippen LogP contribution in [0.4, 0.5) is 0 Å². The Kier molecular flexibility index (Phi) is 7.77. The number of nitrogens with one attached hydrogen (secondary N) is 1. The molecule has 1 rings (SSSR count). The predicted octanol–water partition coefficient (Wildman–Crippen LogP) is 1.73. The molecule has 20 heavy (non-hydrogen) atoms. The van der Waals surface area contributed by atoms with Crippen LogP contribution >= 0.6 is 0 Å². The Labute approximate surface area is 121 Å². The molecule has 1 aromatic rings. The summed E-state index contributed by atoms with van der Waals surface area (Å²) in [6, 6.07) is 9.95. The van der Waals surface area contributed by atoms with Crippen molar-refractivity contribution in [1.29, 1.82) is 0 Å². The lowest BCUT2D eigenvalue weighted by molar-refractivity contribution is -0.00415. The summed E-state index contributed by atoms with van der Waals surface area (Å²) >= 11 is 0. The molecule has 4 nitrogen and oxygen atoms in total. The zero-order chi connectivity index (χ0) is 15.0. The summed E-state index contributed by atoms with van der Waals surface area (Å²) in [4.78, 5) is 0. The number of aliphatic hydroxyl groups excluding tert-OH is 2. The smallest absolute Gasteiger partial charge is 0.0898 e. The van der Waals surface area contributed by atoms with Crippen molar-refractivity contribution in [2.45, 2.75) is 39.0 Å². The van der Waals surface area contributed by atoms with Gasteiger partial charge < -0.3 is 20.3 Å². The fourth-order valence-electron chi connectivity index (χ4n) is 1.93. The van der Waals surface area contributed by atoms with Crippen LogP contribution in [-0.4, -0.2) is 42.1 Å². The summed E-state index contributed by atoms with van der Waals surface area (Å²) in [6.07, 6.45) is -0.612. The molecule has 0 fully saturated rings. The second-order valence-electron chi connectivity index (χ2n) is 5.48. The normalized spacial score (nSPS) is 16.1. The van der Waals surface area contributed by atoms with Gasteiger partial charge in [-0.15, -0.1) is 0 Å². The largest absolute Gasteiger partial charge is 0.395 e. The minimum Gasteiger partial charge on any atom is -0.395 e. The monoisotopic (exact) mass is 281 g/mol. The van der Waals surface area contributed by atoms with Crippen LogP contribution in [0.2, 0.25) is 0 Å². The van der Waals surface area contributed by atoms with Crippen LogP contribution in [0.25, 0.3) is 0 Å². The molecule has 0 radical (unpaired) electrons. The molecule has 0 spiro atoms. The molecule has 114 valence electrons. The molecule has 0 saturated heterocycles. The summed E-state index contributed by atoms with van der Waals surface area (Å²) in [5, 5.41) is 22.3. The Hall–Kier alpha value is -0.940. The molecule has 3 atom stereocenters. The van der Waals surface area contributed by atoms with Gasteiger partial charge in [0.1, 0.15) is 0 Å². The van der Waals surface area contributed by atoms with Crippen LogP contribution in [-0.2, 0) is 4.74 Å².